The van der Waals surface area contributed by atoms with Crippen molar-refractivity contribution in [2.24, 2.45) is 11.7 Å². The van der Waals surface area contributed by atoms with Crippen LogP contribution in [0.4, 0.5) is 13.2 Å². The summed E-state index contributed by atoms with van der Waals surface area (Å²) < 4.78 is 31.1. The average Bonchev–Trinajstić information content (AvgIpc) is 2.99. The lowest BCUT2D eigenvalue weighted by atomic mass is 10.1. The van der Waals surface area contributed by atoms with Crippen molar-refractivity contribution in [1.82, 2.24) is 5.32 Å². The highest BCUT2D eigenvalue weighted by Gasteiger charge is 2.15. The standard InChI is InChI=1S/C17H22N2OS.C2H3F3.CH4/c1-12(2)9-10-19-11-15-7-8-16(21-15)13-3-5-14(6-4-13)17(18)20;1-2(3,4)5;/h3-8,12,19H,9-11H2,1-2H3,(H2,18,20);1H3;1H4. The van der Waals surface area contributed by atoms with Crippen LogP contribution in [0.3, 0.4) is 0 Å². The molecule has 7 heteroatoms. The van der Waals surface area contributed by atoms with E-state index in [-0.39, 0.29) is 20.3 Å². The highest BCUT2D eigenvalue weighted by atomic mass is 32.1. The van der Waals surface area contributed by atoms with E-state index < -0.39 is 6.18 Å². The van der Waals surface area contributed by atoms with Gasteiger partial charge in [-0.3, -0.25) is 4.79 Å². The molecule has 152 valence electrons. The Morgan fingerprint density at radius 2 is 1.70 bits per heavy atom. The molecule has 2 rings (SSSR count). The van der Waals surface area contributed by atoms with Crippen LogP contribution >= 0.6 is 11.3 Å². The molecule has 0 unspecified atom stereocenters. The number of hydrogen-bond donors (Lipinski definition) is 2. The minimum atomic E-state index is -4.00. The van der Waals surface area contributed by atoms with E-state index in [0.717, 1.165) is 24.6 Å². The average molecular weight is 403 g/mol. The van der Waals surface area contributed by atoms with E-state index in [1.54, 1.807) is 23.5 Å². The van der Waals surface area contributed by atoms with E-state index in [9.17, 15) is 18.0 Å². The lowest BCUT2D eigenvalue weighted by Crippen LogP contribution is -2.15. The first-order valence-corrected chi connectivity index (χ1v) is 9.14. The molecule has 1 aromatic carbocycles. The number of nitrogens with one attached hydrogen (secondary N) is 1. The summed E-state index contributed by atoms with van der Waals surface area (Å²) in [4.78, 5) is 13.6. The first kappa shape index (κ1) is 25.1. The molecule has 3 nitrogen and oxygen atoms in total. The Balaban J connectivity index is 0.00000100. The lowest BCUT2D eigenvalue weighted by Gasteiger charge is -2.05. The molecule has 0 bridgehead atoms. The van der Waals surface area contributed by atoms with Crippen LogP contribution in [0.15, 0.2) is 36.4 Å². The Morgan fingerprint density at radius 3 is 2.19 bits per heavy atom. The van der Waals surface area contributed by atoms with Gasteiger partial charge in [0.05, 0.1) is 0 Å². The van der Waals surface area contributed by atoms with Crippen LogP contribution in [0.2, 0.25) is 0 Å². The second kappa shape index (κ2) is 11.8. The third kappa shape index (κ3) is 11.5. The van der Waals surface area contributed by atoms with Crippen molar-refractivity contribution in [2.75, 3.05) is 6.54 Å². The van der Waals surface area contributed by atoms with Gasteiger partial charge in [0.15, 0.2) is 0 Å². The molecule has 0 saturated heterocycles. The van der Waals surface area contributed by atoms with Gasteiger partial charge in [0.2, 0.25) is 5.91 Å². The molecule has 0 aliphatic carbocycles. The second-order valence-electron chi connectivity index (χ2n) is 6.35. The predicted octanol–water partition coefficient (Wildman–Crippen LogP) is 5.85. The van der Waals surface area contributed by atoms with Crippen LogP contribution in [-0.2, 0) is 6.54 Å². The number of carbonyl (C=O) groups excluding carboxylic acids is 1. The predicted molar refractivity (Wildman–Crippen MR) is 108 cm³/mol. The third-order valence-electron chi connectivity index (χ3n) is 3.31. The molecule has 0 aliphatic rings. The summed E-state index contributed by atoms with van der Waals surface area (Å²) >= 11 is 1.78. The van der Waals surface area contributed by atoms with Crippen LogP contribution in [0, 0.1) is 5.92 Å². The molecule has 27 heavy (non-hydrogen) atoms. The van der Waals surface area contributed by atoms with Gasteiger partial charge in [-0.25, -0.2) is 0 Å². The van der Waals surface area contributed by atoms with Crippen molar-refractivity contribution in [1.29, 1.82) is 0 Å². The van der Waals surface area contributed by atoms with Crippen LogP contribution in [0.5, 0.6) is 0 Å². The van der Waals surface area contributed by atoms with Crippen LogP contribution in [-0.4, -0.2) is 18.6 Å². The normalized spacial score (nSPS) is 10.8. The Hall–Kier alpha value is -1.86. The van der Waals surface area contributed by atoms with Crippen molar-refractivity contribution in [3.63, 3.8) is 0 Å². The number of carbonyl (C=O) groups is 1. The van der Waals surface area contributed by atoms with Crippen molar-refractivity contribution in [3.05, 3.63) is 46.8 Å². The molecule has 1 amide bonds. The fourth-order valence-electron chi connectivity index (χ4n) is 2.03. The molecular weight excluding hydrogens is 373 g/mol. The summed E-state index contributed by atoms with van der Waals surface area (Å²) in [7, 11) is 0. The Morgan fingerprint density at radius 1 is 1.15 bits per heavy atom. The summed E-state index contributed by atoms with van der Waals surface area (Å²) in [5.74, 6) is 0.350. The Labute approximate surface area is 163 Å². The number of rotatable bonds is 7. The SMILES string of the molecule is C.CC(C)CCNCc1ccc(-c2ccc(C(N)=O)cc2)s1.CC(F)(F)F. The summed E-state index contributed by atoms with van der Waals surface area (Å²) in [5, 5.41) is 3.47. The van der Waals surface area contributed by atoms with E-state index in [0.29, 0.717) is 5.56 Å². The van der Waals surface area contributed by atoms with Gasteiger partial charge in [-0.05, 0) is 48.7 Å². The Kier molecular flexibility index (Phi) is 11.0. The number of benzene rings is 1. The van der Waals surface area contributed by atoms with Gasteiger partial charge in [-0.15, -0.1) is 11.3 Å². The van der Waals surface area contributed by atoms with E-state index in [1.165, 1.54) is 16.2 Å². The van der Waals surface area contributed by atoms with Gasteiger partial charge in [0, 0.05) is 28.8 Å². The highest BCUT2D eigenvalue weighted by Crippen LogP contribution is 2.28. The minimum Gasteiger partial charge on any atom is -0.366 e. The summed E-state index contributed by atoms with van der Waals surface area (Å²) in [6.07, 6.45) is -2.80. The highest BCUT2D eigenvalue weighted by molar-refractivity contribution is 7.15. The minimum absolute atomic E-state index is 0. The number of amides is 1. The molecule has 0 saturated carbocycles. The van der Waals surface area contributed by atoms with Crippen LogP contribution in [0.1, 0.15) is 49.9 Å². The van der Waals surface area contributed by atoms with Crippen molar-refractivity contribution < 1.29 is 18.0 Å². The van der Waals surface area contributed by atoms with Gasteiger partial charge in [0.25, 0.3) is 0 Å². The molecule has 1 aromatic heterocycles. The fraction of sp³-hybridized carbons (Fsp3) is 0.450. The summed E-state index contributed by atoms with van der Waals surface area (Å²) in [6, 6.07) is 11.7. The quantitative estimate of drug-likeness (QED) is 0.571. The molecule has 0 atom stereocenters. The molecule has 2 aromatic rings. The van der Waals surface area contributed by atoms with E-state index in [2.05, 4.69) is 31.3 Å². The molecule has 3 N–H and O–H groups in total. The second-order valence-corrected chi connectivity index (χ2v) is 7.52. The van der Waals surface area contributed by atoms with E-state index in [1.807, 2.05) is 12.1 Å². The molecule has 0 spiro atoms. The zero-order chi connectivity index (χ0) is 19.7. The number of halogens is 3. The maximum Gasteiger partial charge on any atom is 0.386 e. The largest absolute Gasteiger partial charge is 0.386 e. The lowest BCUT2D eigenvalue weighted by molar-refractivity contribution is -0.110. The van der Waals surface area contributed by atoms with Gasteiger partial charge in [-0.1, -0.05) is 33.4 Å². The monoisotopic (exact) mass is 402 g/mol. The first-order chi connectivity index (χ1) is 12.1. The number of alkyl halides is 3. The van der Waals surface area contributed by atoms with Gasteiger partial charge in [0.1, 0.15) is 0 Å². The van der Waals surface area contributed by atoms with Crippen LogP contribution in [0.25, 0.3) is 10.4 Å². The number of hydrogen-bond acceptors (Lipinski definition) is 3. The van der Waals surface area contributed by atoms with Crippen LogP contribution < -0.4 is 11.1 Å². The summed E-state index contributed by atoms with van der Waals surface area (Å²) in [5.41, 5.74) is 6.92. The maximum atomic E-state index is 11.1. The molecule has 0 aliphatic heterocycles. The van der Waals surface area contributed by atoms with Gasteiger partial charge < -0.3 is 11.1 Å². The van der Waals surface area contributed by atoms with Crippen molar-refractivity contribution in [3.8, 4) is 10.4 Å². The zero-order valence-electron chi connectivity index (χ0n) is 15.2. The first-order valence-electron chi connectivity index (χ1n) is 8.32. The molecule has 0 fully saturated rings. The van der Waals surface area contributed by atoms with E-state index in [4.69, 9.17) is 5.73 Å². The Bertz CT molecular complexity index is 673. The third-order valence-corrected chi connectivity index (χ3v) is 4.45. The van der Waals surface area contributed by atoms with Gasteiger partial charge in [-0.2, -0.15) is 13.2 Å². The fourth-order valence-corrected chi connectivity index (χ4v) is 3.01. The summed E-state index contributed by atoms with van der Waals surface area (Å²) in [6.45, 7) is 6.63. The van der Waals surface area contributed by atoms with E-state index >= 15 is 0 Å². The molecule has 1 heterocycles. The molecular formula is C20H29F3N2OS. The maximum absolute atomic E-state index is 11.1. The number of thiophene rings is 1. The van der Waals surface area contributed by atoms with Gasteiger partial charge >= 0.3 is 6.18 Å². The zero-order valence-corrected chi connectivity index (χ0v) is 16.0. The number of primary amides is 1. The topological polar surface area (TPSA) is 55.1 Å². The number of nitrogens with two attached hydrogens (primary N) is 1. The molecule has 0 radical (unpaired) electrons. The van der Waals surface area contributed by atoms with Crippen molar-refractivity contribution >= 4 is 17.2 Å². The smallest absolute Gasteiger partial charge is 0.366 e. The van der Waals surface area contributed by atoms with Crippen molar-refractivity contribution in [2.45, 2.75) is 47.3 Å².